The van der Waals surface area contributed by atoms with Gasteiger partial charge in [0.1, 0.15) is 12.7 Å². The van der Waals surface area contributed by atoms with Crippen LogP contribution in [-0.2, 0) is 4.79 Å². The summed E-state index contributed by atoms with van der Waals surface area (Å²) >= 11 is 0. The number of benzene rings is 1. The van der Waals surface area contributed by atoms with Crippen LogP contribution in [0.1, 0.15) is 19.8 Å². The summed E-state index contributed by atoms with van der Waals surface area (Å²) in [5.41, 5.74) is 8.91. The van der Waals surface area contributed by atoms with E-state index in [4.69, 9.17) is 5.73 Å². The molecule has 0 bridgehead atoms. The van der Waals surface area contributed by atoms with Crippen LogP contribution in [0.15, 0.2) is 30.9 Å². The Morgan fingerprint density at radius 2 is 1.87 bits per heavy atom. The molecule has 1 fully saturated rings. The Morgan fingerprint density at radius 3 is 2.48 bits per heavy atom. The quantitative estimate of drug-likeness (QED) is 0.860. The number of carbonyl (C=O) groups excluding carboxylic acids is 1. The van der Waals surface area contributed by atoms with Gasteiger partial charge in [-0.1, -0.05) is 6.92 Å². The number of amides is 1. The highest BCUT2D eigenvalue weighted by Gasteiger charge is 2.21. The van der Waals surface area contributed by atoms with Crippen LogP contribution in [0.2, 0.25) is 0 Å². The predicted molar refractivity (Wildman–Crippen MR) is 89.5 cm³/mol. The van der Waals surface area contributed by atoms with Gasteiger partial charge in [0.2, 0.25) is 5.91 Å². The van der Waals surface area contributed by atoms with Gasteiger partial charge in [0.25, 0.3) is 0 Å². The molecule has 1 aromatic heterocycles. The number of aromatic nitrogens is 3. The number of carbonyl (C=O) groups is 1. The van der Waals surface area contributed by atoms with E-state index in [1.807, 2.05) is 34.6 Å². The van der Waals surface area contributed by atoms with Crippen LogP contribution in [-0.4, -0.2) is 51.8 Å². The van der Waals surface area contributed by atoms with Gasteiger partial charge in [-0.2, -0.15) is 0 Å². The van der Waals surface area contributed by atoms with Gasteiger partial charge in [0, 0.05) is 32.6 Å². The first-order valence-corrected chi connectivity index (χ1v) is 7.96. The molecule has 7 heteroatoms. The summed E-state index contributed by atoms with van der Waals surface area (Å²) in [5, 5.41) is 7.61. The normalized spacial score (nSPS) is 15.0. The van der Waals surface area contributed by atoms with Crippen molar-refractivity contribution in [1.82, 2.24) is 19.7 Å². The zero-order valence-corrected chi connectivity index (χ0v) is 13.4. The molecule has 0 atom stereocenters. The van der Waals surface area contributed by atoms with E-state index < -0.39 is 0 Å². The number of nitrogens with zero attached hydrogens (tertiary/aromatic N) is 5. The first-order chi connectivity index (χ1) is 11.2. The number of hydrogen-bond donors (Lipinski definition) is 1. The Labute approximate surface area is 135 Å². The average molecular weight is 314 g/mol. The van der Waals surface area contributed by atoms with Crippen LogP contribution in [0.25, 0.3) is 5.69 Å². The van der Waals surface area contributed by atoms with Crippen molar-refractivity contribution in [3.05, 3.63) is 30.9 Å². The molecule has 1 aliphatic rings. The minimum atomic E-state index is 0.253. The molecule has 0 unspecified atom stereocenters. The highest BCUT2D eigenvalue weighted by atomic mass is 16.2. The molecule has 1 aliphatic heterocycles. The van der Waals surface area contributed by atoms with E-state index in [1.54, 1.807) is 12.7 Å². The van der Waals surface area contributed by atoms with Gasteiger partial charge in [-0.25, -0.2) is 0 Å². The van der Waals surface area contributed by atoms with Gasteiger partial charge in [-0.05, 0) is 24.6 Å². The smallest absolute Gasteiger partial charge is 0.222 e. The second-order valence-corrected chi connectivity index (χ2v) is 5.73. The van der Waals surface area contributed by atoms with Crippen molar-refractivity contribution in [2.45, 2.75) is 19.8 Å². The Balaban J connectivity index is 1.68. The molecule has 7 nitrogen and oxygen atoms in total. The maximum absolute atomic E-state index is 12.0. The number of rotatable bonds is 4. The summed E-state index contributed by atoms with van der Waals surface area (Å²) in [7, 11) is 0. The molecule has 1 amide bonds. The van der Waals surface area contributed by atoms with Crippen molar-refractivity contribution in [1.29, 1.82) is 0 Å². The molecule has 2 N–H and O–H groups in total. The summed E-state index contributed by atoms with van der Waals surface area (Å²) in [6.45, 7) is 5.17. The molecule has 0 spiro atoms. The van der Waals surface area contributed by atoms with E-state index in [0.29, 0.717) is 6.42 Å². The van der Waals surface area contributed by atoms with Crippen LogP contribution in [0.5, 0.6) is 0 Å². The lowest BCUT2D eigenvalue weighted by Gasteiger charge is -2.36. The fraction of sp³-hybridized carbons (Fsp3) is 0.438. The van der Waals surface area contributed by atoms with Gasteiger partial charge >= 0.3 is 0 Å². The lowest BCUT2D eigenvalue weighted by atomic mass is 10.2. The van der Waals surface area contributed by atoms with Crippen LogP contribution >= 0.6 is 0 Å². The molecule has 2 aromatic rings. The summed E-state index contributed by atoms with van der Waals surface area (Å²) < 4.78 is 1.82. The van der Waals surface area contributed by atoms with Crippen LogP contribution in [0.3, 0.4) is 0 Å². The first-order valence-electron chi connectivity index (χ1n) is 7.96. The number of nitrogens with two attached hydrogens (primary N) is 1. The maximum atomic E-state index is 12.0. The predicted octanol–water partition coefficient (Wildman–Crippen LogP) is 1.30. The number of hydrogen-bond acceptors (Lipinski definition) is 5. The highest BCUT2D eigenvalue weighted by Crippen LogP contribution is 2.27. The molecule has 0 radical (unpaired) electrons. The number of piperazine rings is 1. The van der Waals surface area contributed by atoms with E-state index in [0.717, 1.165) is 49.7 Å². The van der Waals surface area contributed by atoms with Crippen molar-refractivity contribution < 1.29 is 4.79 Å². The van der Waals surface area contributed by atoms with Gasteiger partial charge in [0.15, 0.2) is 0 Å². The highest BCUT2D eigenvalue weighted by molar-refractivity contribution is 5.77. The molecule has 0 aliphatic carbocycles. The minimum Gasteiger partial charge on any atom is -0.397 e. The van der Waals surface area contributed by atoms with Crippen molar-refractivity contribution in [3.63, 3.8) is 0 Å². The van der Waals surface area contributed by atoms with Crippen LogP contribution in [0, 0.1) is 0 Å². The SMILES string of the molecule is CCCC(=O)N1CCN(c2ccc(-n3cnnc3)cc2N)CC1. The van der Waals surface area contributed by atoms with Crippen LogP contribution < -0.4 is 10.6 Å². The van der Waals surface area contributed by atoms with Crippen molar-refractivity contribution in [2.24, 2.45) is 0 Å². The maximum Gasteiger partial charge on any atom is 0.222 e. The number of nitrogen functional groups attached to an aromatic ring is 1. The molecule has 2 heterocycles. The van der Waals surface area contributed by atoms with E-state index in [2.05, 4.69) is 15.1 Å². The fourth-order valence-corrected chi connectivity index (χ4v) is 2.89. The molecule has 122 valence electrons. The third kappa shape index (κ3) is 3.28. The van der Waals surface area contributed by atoms with Crippen LogP contribution in [0.4, 0.5) is 11.4 Å². The van der Waals surface area contributed by atoms with E-state index >= 15 is 0 Å². The van der Waals surface area contributed by atoms with Crippen molar-refractivity contribution in [2.75, 3.05) is 36.8 Å². The van der Waals surface area contributed by atoms with Gasteiger partial charge in [-0.3, -0.25) is 9.36 Å². The molecular formula is C16H22N6O. The first kappa shape index (κ1) is 15.3. The topological polar surface area (TPSA) is 80.3 Å². The lowest BCUT2D eigenvalue weighted by Crippen LogP contribution is -2.48. The zero-order valence-electron chi connectivity index (χ0n) is 13.4. The summed E-state index contributed by atoms with van der Waals surface area (Å²) in [5.74, 6) is 0.253. The summed E-state index contributed by atoms with van der Waals surface area (Å²) in [4.78, 5) is 16.1. The third-order valence-corrected chi connectivity index (χ3v) is 4.16. The summed E-state index contributed by atoms with van der Waals surface area (Å²) in [6, 6.07) is 5.95. The summed E-state index contributed by atoms with van der Waals surface area (Å²) in [6.07, 6.45) is 4.82. The van der Waals surface area contributed by atoms with E-state index in [9.17, 15) is 4.79 Å². The molecular weight excluding hydrogens is 292 g/mol. The molecule has 3 rings (SSSR count). The Bertz CT molecular complexity index is 661. The molecule has 1 aromatic carbocycles. The number of anilines is 2. The molecule has 0 saturated carbocycles. The Hall–Kier alpha value is -2.57. The standard InChI is InChI=1S/C16H22N6O/c1-2-3-16(23)21-8-6-20(7-9-21)15-5-4-13(10-14(15)17)22-11-18-19-12-22/h4-5,10-12H,2-3,6-9,17H2,1H3. The average Bonchev–Trinajstić information content (AvgIpc) is 3.10. The molecule has 23 heavy (non-hydrogen) atoms. The van der Waals surface area contributed by atoms with Crippen molar-refractivity contribution in [3.8, 4) is 5.69 Å². The van der Waals surface area contributed by atoms with Crippen molar-refractivity contribution >= 4 is 17.3 Å². The third-order valence-electron chi connectivity index (χ3n) is 4.16. The Morgan fingerprint density at radius 1 is 1.17 bits per heavy atom. The zero-order chi connectivity index (χ0) is 16.2. The van der Waals surface area contributed by atoms with Gasteiger partial charge in [0.05, 0.1) is 17.1 Å². The van der Waals surface area contributed by atoms with Gasteiger partial charge < -0.3 is 15.5 Å². The second kappa shape index (κ2) is 6.68. The van der Waals surface area contributed by atoms with Gasteiger partial charge in [-0.15, -0.1) is 10.2 Å². The fourth-order valence-electron chi connectivity index (χ4n) is 2.89. The largest absolute Gasteiger partial charge is 0.397 e. The minimum absolute atomic E-state index is 0.253. The Kier molecular flexibility index (Phi) is 4.45. The monoisotopic (exact) mass is 314 g/mol. The van der Waals surface area contributed by atoms with E-state index in [-0.39, 0.29) is 5.91 Å². The second-order valence-electron chi connectivity index (χ2n) is 5.73. The van der Waals surface area contributed by atoms with E-state index in [1.165, 1.54) is 0 Å². The molecule has 1 saturated heterocycles. The lowest BCUT2D eigenvalue weighted by molar-refractivity contribution is -0.131.